The average Bonchev–Trinajstić information content (AvgIpc) is 3.41. The Morgan fingerprint density at radius 2 is 1.00 bits per heavy atom. The van der Waals surface area contributed by atoms with Gasteiger partial charge in [0.15, 0.2) is 0 Å². The SMILES string of the molecule is [2H]C([2H])([2H])c1cc2c3c(c1)N(c1ccc(C(C)(C)C)cc1-c1ccccc1)c1cc4c(cc1B3c1cc(C(C)(C)C)ccc1N2c1cc2c(cc1C)C(C)(C)CC2(C)C)C(C)(C)CCC4(C)C. The molecule has 2 nitrogen and oxygen atoms in total. The van der Waals surface area contributed by atoms with Crippen LogP contribution in [0.4, 0.5) is 34.1 Å². The van der Waals surface area contributed by atoms with E-state index in [-0.39, 0.29) is 39.2 Å². The van der Waals surface area contributed by atoms with Gasteiger partial charge in [-0.2, -0.15) is 0 Å². The van der Waals surface area contributed by atoms with E-state index >= 15 is 0 Å². The summed E-state index contributed by atoms with van der Waals surface area (Å²) in [4.78, 5) is 4.93. The summed E-state index contributed by atoms with van der Waals surface area (Å²) in [6.45, 7) is 32.8. The first-order chi connectivity index (χ1) is 31.0. The summed E-state index contributed by atoms with van der Waals surface area (Å²) in [5.74, 6) is 0. The molecule has 6 aromatic rings. The van der Waals surface area contributed by atoms with Crippen LogP contribution in [-0.4, -0.2) is 6.71 Å². The van der Waals surface area contributed by atoms with Gasteiger partial charge in [-0.3, -0.25) is 0 Å². The van der Waals surface area contributed by atoms with Gasteiger partial charge in [0.1, 0.15) is 0 Å². The normalized spacial score (nSPS) is 19.4. The molecule has 2 heterocycles. The molecule has 2 aliphatic heterocycles. The highest BCUT2D eigenvalue weighted by Crippen LogP contribution is 2.55. The molecule has 0 aromatic heterocycles. The van der Waals surface area contributed by atoms with E-state index in [9.17, 15) is 4.11 Å². The van der Waals surface area contributed by atoms with Gasteiger partial charge in [-0.25, -0.2) is 0 Å². The fourth-order valence-corrected chi connectivity index (χ4v) is 12.4. The summed E-state index contributed by atoms with van der Waals surface area (Å²) in [5, 5.41) is 0. The molecule has 10 rings (SSSR count). The third-order valence-electron chi connectivity index (χ3n) is 16.0. The highest BCUT2D eigenvalue weighted by molar-refractivity contribution is 7.00. The number of hydrogen-bond donors (Lipinski definition) is 0. The minimum atomic E-state index is -2.37. The van der Waals surface area contributed by atoms with Crippen molar-refractivity contribution >= 4 is 57.2 Å². The number of fused-ring (bicyclic) bond motifs is 6. The molecule has 0 N–H and O–H groups in total. The lowest BCUT2D eigenvalue weighted by molar-refractivity contribution is 0.332. The lowest BCUT2D eigenvalue weighted by Crippen LogP contribution is -2.62. The summed E-state index contributed by atoms with van der Waals surface area (Å²) in [6, 6.07) is 39.0. The molecule has 328 valence electrons. The second-order valence-corrected chi connectivity index (χ2v) is 24.8. The topological polar surface area (TPSA) is 6.48 Å². The minimum Gasteiger partial charge on any atom is -0.311 e. The first-order valence-corrected chi connectivity index (χ1v) is 24.0. The molecule has 0 bridgehead atoms. The maximum Gasteiger partial charge on any atom is 0.252 e. The van der Waals surface area contributed by atoms with E-state index in [0.29, 0.717) is 5.56 Å². The van der Waals surface area contributed by atoms with Gasteiger partial charge >= 0.3 is 0 Å². The largest absolute Gasteiger partial charge is 0.311 e. The zero-order valence-corrected chi connectivity index (χ0v) is 41.4. The lowest BCUT2D eigenvalue weighted by atomic mass is 9.33. The number of anilines is 6. The maximum absolute atomic E-state index is 9.19. The van der Waals surface area contributed by atoms with Gasteiger partial charge in [-0.1, -0.05) is 158 Å². The molecule has 0 fully saturated rings. The molecule has 4 aliphatic rings. The standard InChI is InChI=1S/C61H71BN2/c1-37-28-53-55-54(29-37)64(51-34-46-43(30-38(51)2)60(13,14)36-61(46,15)16)50-25-23-41(57(6,7)8)32-47(50)62(55)48-33-44-45(59(11,12)27-26-58(44,9)10)35-52(48)63(53)49-24-22-40(56(3,4)5)31-42(49)39-20-18-17-19-21-39/h17-25,28-35H,26-27,36H2,1-16H3/i1D3. The first kappa shape index (κ1) is 39.4. The Morgan fingerprint density at radius 1 is 0.500 bits per heavy atom. The number of hydrogen-bond acceptors (Lipinski definition) is 2. The fraction of sp³-hybridized carbons (Fsp3) is 0.410. The molecular formula is C61H71BN2. The van der Waals surface area contributed by atoms with E-state index < -0.39 is 6.85 Å². The van der Waals surface area contributed by atoms with Crippen molar-refractivity contribution in [3.63, 3.8) is 0 Å². The predicted octanol–water partition coefficient (Wildman–Crippen LogP) is 15.0. The van der Waals surface area contributed by atoms with Crippen molar-refractivity contribution in [1.29, 1.82) is 0 Å². The van der Waals surface area contributed by atoms with Crippen LogP contribution in [0.3, 0.4) is 0 Å². The second-order valence-electron chi connectivity index (χ2n) is 24.8. The average molecular weight is 846 g/mol. The van der Waals surface area contributed by atoms with Gasteiger partial charge in [-0.15, -0.1) is 0 Å². The highest BCUT2D eigenvalue weighted by atomic mass is 15.2. The Balaban J connectivity index is 1.39. The molecule has 0 saturated carbocycles. The van der Waals surface area contributed by atoms with E-state index in [0.717, 1.165) is 70.0 Å². The van der Waals surface area contributed by atoms with E-state index in [1.54, 1.807) is 0 Å². The zero-order chi connectivity index (χ0) is 48.3. The van der Waals surface area contributed by atoms with Gasteiger partial charge in [0.2, 0.25) is 0 Å². The van der Waals surface area contributed by atoms with Crippen molar-refractivity contribution < 1.29 is 4.11 Å². The van der Waals surface area contributed by atoms with Crippen molar-refractivity contribution in [1.82, 2.24) is 0 Å². The van der Waals surface area contributed by atoms with Gasteiger partial charge in [0.05, 0.1) is 5.69 Å². The molecule has 0 amide bonds. The van der Waals surface area contributed by atoms with Crippen LogP contribution < -0.4 is 26.2 Å². The number of aryl methyl sites for hydroxylation is 2. The van der Waals surface area contributed by atoms with Gasteiger partial charge in [0.25, 0.3) is 6.71 Å². The summed E-state index contributed by atoms with van der Waals surface area (Å²) in [6.07, 6.45) is 3.27. The van der Waals surface area contributed by atoms with E-state index in [4.69, 9.17) is 0 Å². The molecule has 6 aromatic carbocycles. The predicted molar refractivity (Wildman–Crippen MR) is 279 cm³/mol. The molecule has 0 unspecified atom stereocenters. The molecular weight excluding hydrogens is 771 g/mol. The van der Waals surface area contributed by atoms with E-state index in [1.165, 1.54) is 49.9 Å². The Bertz CT molecular complexity index is 3030. The molecule has 64 heavy (non-hydrogen) atoms. The van der Waals surface area contributed by atoms with Crippen molar-refractivity contribution in [2.75, 3.05) is 9.80 Å². The number of benzene rings is 6. The van der Waals surface area contributed by atoms with Crippen LogP contribution in [0.15, 0.2) is 103 Å². The van der Waals surface area contributed by atoms with Crippen LogP contribution in [0, 0.1) is 13.8 Å². The first-order valence-electron chi connectivity index (χ1n) is 25.5. The maximum atomic E-state index is 9.19. The Hall–Kier alpha value is -5.02. The third kappa shape index (κ3) is 6.48. The van der Waals surface area contributed by atoms with Gasteiger partial charge in [-0.05, 0) is 174 Å². The van der Waals surface area contributed by atoms with Crippen molar-refractivity contribution in [2.24, 2.45) is 0 Å². The zero-order valence-electron chi connectivity index (χ0n) is 44.4. The van der Waals surface area contributed by atoms with Crippen molar-refractivity contribution in [2.45, 2.75) is 162 Å². The number of rotatable bonds is 3. The molecule has 3 heteroatoms. The molecule has 0 radical (unpaired) electrons. The van der Waals surface area contributed by atoms with Crippen LogP contribution >= 0.6 is 0 Å². The summed E-state index contributed by atoms with van der Waals surface area (Å²) < 4.78 is 27.6. The fourth-order valence-electron chi connectivity index (χ4n) is 12.4. The van der Waals surface area contributed by atoms with Crippen molar-refractivity contribution in [3.05, 3.63) is 148 Å². The monoisotopic (exact) mass is 846 g/mol. The van der Waals surface area contributed by atoms with Crippen LogP contribution in [-0.2, 0) is 32.5 Å². The molecule has 0 saturated heterocycles. The molecule has 2 aliphatic carbocycles. The Labute approximate surface area is 390 Å². The van der Waals surface area contributed by atoms with Gasteiger partial charge in [0, 0.05) is 38.1 Å². The highest BCUT2D eigenvalue weighted by Gasteiger charge is 2.48. The molecule has 0 atom stereocenters. The second kappa shape index (κ2) is 13.8. The van der Waals surface area contributed by atoms with Crippen LogP contribution in [0.25, 0.3) is 11.1 Å². The van der Waals surface area contributed by atoms with Crippen LogP contribution in [0.5, 0.6) is 0 Å². The van der Waals surface area contributed by atoms with Crippen LogP contribution in [0.1, 0.15) is 165 Å². The molecule has 0 spiro atoms. The quantitative estimate of drug-likeness (QED) is 0.164. The van der Waals surface area contributed by atoms with Crippen LogP contribution in [0.2, 0.25) is 0 Å². The smallest absolute Gasteiger partial charge is 0.252 e. The minimum absolute atomic E-state index is 0.0264. The Morgan fingerprint density at radius 3 is 1.59 bits per heavy atom. The van der Waals surface area contributed by atoms with E-state index in [1.807, 2.05) is 12.1 Å². The summed E-state index contributed by atoms with van der Waals surface area (Å²) in [7, 11) is 0. The van der Waals surface area contributed by atoms with E-state index in [2.05, 4.69) is 205 Å². The third-order valence-corrected chi connectivity index (χ3v) is 16.0. The number of nitrogens with zero attached hydrogens (tertiary/aromatic N) is 2. The van der Waals surface area contributed by atoms with Crippen molar-refractivity contribution in [3.8, 4) is 11.1 Å². The summed E-state index contributed by atoms with van der Waals surface area (Å²) >= 11 is 0. The summed E-state index contributed by atoms with van der Waals surface area (Å²) in [5.41, 5.74) is 21.7. The lowest BCUT2D eigenvalue weighted by Gasteiger charge is -2.48. The Kier molecular flexibility index (Phi) is 8.46. The van der Waals surface area contributed by atoms with Gasteiger partial charge < -0.3 is 9.80 Å².